The molecule has 0 saturated heterocycles. The molecule has 0 spiro atoms. The molecule has 0 unspecified atom stereocenters. The predicted octanol–water partition coefficient (Wildman–Crippen LogP) is -1.05. The van der Waals surface area contributed by atoms with Crippen LogP contribution in [0.25, 0.3) is 10.8 Å². The minimum absolute atomic E-state index is 0. The summed E-state index contributed by atoms with van der Waals surface area (Å²) in [5.74, 6) is 0. The number of hydrogen-bond acceptors (Lipinski definition) is 2. The standard InChI is InChI=1S/C18H19N3O.ClH/c1-2-11-22-20-18(13-21-10-9-19-14-21)17-8-7-15-5-3-4-6-16(15)12-17;/h3-10,12,14H,2,11,13H2,1H3;1H/b20-18-;. The maximum Gasteiger partial charge on any atom is 0.251 e. The first-order valence-electron chi connectivity index (χ1n) is 7.55. The van der Waals surface area contributed by atoms with E-state index in [0.717, 1.165) is 17.7 Å². The lowest BCUT2D eigenvalue weighted by Gasteiger charge is -2.04. The summed E-state index contributed by atoms with van der Waals surface area (Å²) in [6, 6.07) is 14.8. The van der Waals surface area contributed by atoms with Crippen LogP contribution in [0.15, 0.2) is 61.2 Å². The van der Waals surface area contributed by atoms with Crippen molar-refractivity contribution in [1.82, 2.24) is 9.55 Å². The molecule has 0 radical (unpaired) electrons. The van der Waals surface area contributed by atoms with Crippen LogP contribution in [0.2, 0.25) is 0 Å². The van der Waals surface area contributed by atoms with E-state index in [1.807, 2.05) is 17.1 Å². The van der Waals surface area contributed by atoms with Gasteiger partial charge in [-0.25, -0.2) is 4.98 Å². The van der Waals surface area contributed by atoms with E-state index in [4.69, 9.17) is 4.84 Å². The second-order valence-electron chi connectivity index (χ2n) is 5.23. The summed E-state index contributed by atoms with van der Waals surface area (Å²) < 4.78 is 2.02. The fourth-order valence-corrected chi connectivity index (χ4v) is 2.36. The van der Waals surface area contributed by atoms with Crippen LogP contribution in [0.4, 0.5) is 0 Å². The first kappa shape index (κ1) is 17.0. The van der Waals surface area contributed by atoms with Gasteiger partial charge >= 0.3 is 0 Å². The van der Waals surface area contributed by atoms with Crippen LogP contribution in [-0.4, -0.2) is 21.9 Å². The van der Waals surface area contributed by atoms with E-state index in [1.165, 1.54) is 10.8 Å². The van der Waals surface area contributed by atoms with Gasteiger partial charge in [-0.05, 0) is 34.5 Å². The zero-order valence-corrected chi connectivity index (χ0v) is 13.8. The van der Waals surface area contributed by atoms with Gasteiger partial charge in [0.15, 0.2) is 6.61 Å². The van der Waals surface area contributed by atoms with Gasteiger partial charge in [-0.15, -0.1) is 0 Å². The molecule has 3 rings (SSSR count). The molecular weight excluding hydrogens is 310 g/mol. The highest BCUT2D eigenvalue weighted by Crippen LogP contribution is 2.15. The highest BCUT2D eigenvalue weighted by molar-refractivity contribution is 5.99. The van der Waals surface area contributed by atoms with E-state index in [-0.39, 0.29) is 12.4 Å². The first-order chi connectivity index (χ1) is 10.9. The Morgan fingerprint density at radius 1 is 1.17 bits per heavy atom. The highest BCUT2D eigenvalue weighted by Gasteiger charge is 2.13. The number of rotatable bonds is 6. The predicted molar refractivity (Wildman–Crippen MR) is 87.5 cm³/mol. The van der Waals surface area contributed by atoms with E-state index < -0.39 is 0 Å². The largest absolute Gasteiger partial charge is 1.00 e. The van der Waals surface area contributed by atoms with Crippen LogP contribution in [-0.2, 0) is 11.4 Å². The molecule has 3 aromatic rings. The Bertz CT molecular complexity index is 769. The van der Waals surface area contributed by atoms with Crippen molar-refractivity contribution < 1.29 is 22.4 Å². The number of halogens is 1. The van der Waals surface area contributed by atoms with Crippen LogP contribution in [0.5, 0.6) is 0 Å². The molecule has 120 valence electrons. The second-order valence-corrected chi connectivity index (χ2v) is 5.23. The number of fused-ring (bicyclic) bond motifs is 1. The molecule has 0 bridgehead atoms. The molecule has 0 fully saturated rings. The lowest BCUT2D eigenvalue weighted by atomic mass is 10.0. The van der Waals surface area contributed by atoms with Crippen LogP contribution >= 0.6 is 0 Å². The van der Waals surface area contributed by atoms with Gasteiger partial charge in [0.25, 0.3) is 5.71 Å². The first-order valence-corrected chi connectivity index (χ1v) is 7.55. The normalized spacial score (nSPS) is 11.3. The van der Waals surface area contributed by atoms with Crippen molar-refractivity contribution in [3.05, 3.63) is 66.7 Å². The summed E-state index contributed by atoms with van der Waals surface area (Å²) in [6.07, 6.45) is 6.51. The van der Waals surface area contributed by atoms with Crippen molar-refractivity contribution in [2.45, 2.75) is 19.9 Å². The van der Waals surface area contributed by atoms with Gasteiger partial charge in [-0.3, -0.25) is 4.84 Å². The fraction of sp³-hybridized carbons (Fsp3) is 0.222. The minimum Gasteiger partial charge on any atom is -1.00 e. The Morgan fingerprint density at radius 2 is 2.00 bits per heavy atom. The average Bonchev–Trinajstić information content (AvgIpc) is 3.07. The van der Waals surface area contributed by atoms with Gasteiger partial charge in [0, 0.05) is 18.0 Å². The summed E-state index contributed by atoms with van der Waals surface area (Å²) in [7, 11) is 0. The Kier molecular flexibility index (Phi) is 6.18. The van der Waals surface area contributed by atoms with Gasteiger partial charge in [-0.1, -0.05) is 37.3 Å². The summed E-state index contributed by atoms with van der Waals surface area (Å²) >= 11 is 0. The maximum atomic E-state index is 5.54. The zero-order chi connectivity index (χ0) is 15.2. The van der Waals surface area contributed by atoms with Crippen molar-refractivity contribution in [1.29, 1.82) is 0 Å². The molecule has 0 aliphatic heterocycles. The minimum atomic E-state index is 0. The van der Waals surface area contributed by atoms with E-state index in [0.29, 0.717) is 13.2 Å². The van der Waals surface area contributed by atoms with E-state index in [9.17, 15) is 0 Å². The molecule has 5 heteroatoms. The number of nitrogens with zero attached hydrogens (tertiary/aromatic N) is 2. The van der Waals surface area contributed by atoms with Crippen molar-refractivity contribution in [2.75, 3.05) is 6.61 Å². The molecule has 0 aliphatic rings. The molecule has 1 aromatic heterocycles. The summed E-state index contributed by atoms with van der Waals surface area (Å²) in [6.45, 7) is 3.47. The van der Waals surface area contributed by atoms with Gasteiger partial charge in [0.1, 0.15) is 6.54 Å². The van der Waals surface area contributed by atoms with Crippen molar-refractivity contribution in [2.24, 2.45) is 0 Å². The maximum absolute atomic E-state index is 5.54. The molecule has 1 N–H and O–H groups in total. The highest BCUT2D eigenvalue weighted by atomic mass is 35.5. The fourth-order valence-electron chi connectivity index (χ4n) is 2.36. The number of hydrogen-bond donors (Lipinski definition) is 1. The third-order valence-electron chi connectivity index (χ3n) is 3.50. The molecule has 2 aromatic carbocycles. The Balaban J connectivity index is 0.00000192. The van der Waals surface area contributed by atoms with E-state index >= 15 is 0 Å². The monoisotopic (exact) mass is 329 g/mol. The second kappa shape index (κ2) is 8.34. The molecule has 0 saturated carbocycles. The van der Waals surface area contributed by atoms with Crippen LogP contribution in [0, 0.1) is 0 Å². The lowest BCUT2D eigenvalue weighted by molar-refractivity contribution is -0.753. The number of aromatic nitrogens is 2. The molecule has 0 atom stereocenters. The third kappa shape index (κ3) is 4.33. The Hall–Kier alpha value is -2.33. The van der Waals surface area contributed by atoms with Crippen LogP contribution in [0.3, 0.4) is 0 Å². The number of benzene rings is 2. The van der Waals surface area contributed by atoms with Crippen LogP contribution < -0.4 is 17.6 Å². The van der Waals surface area contributed by atoms with Gasteiger partial charge in [0.2, 0.25) is 0 Å². The quantitative estimate of drug-likeness (QED) is 0.356. The summed E-state index contributed by atoms with van der Waals surface area (Å²) in [5, 5.41) is 5.57. The van der Waals surface area contributed by atoms with Gasteiger partial charge in [-0.2, -0.15) is 0 Å². The lowest BCUT2D eigenvalue weighted by Crippen LogP contribution is -3.00. The zero-order valence-electron chi connectivity index (χ0n) is 13.1. The molecule has 23 heavy (non-hydrogen) atoms. The van der Waals surface area contributed by atoms with Crippen molar-refractivity contribution >= 4 is 16.5 Å². The molecule has 1 heterocycles. The van der Waals surface area contributed by atoms with Crippen molar-refractivity contribution in [3.8, 4) is 0 Å². The topological polar surface area (TPSA) is 41.0 Å². The third-order valence-corrected chi connectivity index (χ3v) is 3.50. The van der Waals surface area contributed by atoms with Crippen molar-refractivity contribution in [3.63, 3.8) is 0 Å². The molecule has 0 aliphatic carbocycles. The average molecular weight is 330 g/mol. The summed E-state index contributed by atoms with van der Waals surface area (Å²) in [4.78, 5) is 9.64. The molecule has 4 nitrogen and oxygen atoms in total. The van der Waals surface area contributed by atoms with Gasteiger partial charge < -0.3 is 17.0 Å². The number of nitrogens with one attached hydrogen (secondary N) is 1. The van der Waals surface area contributed by atoms with E-state index in [1.54, 1.807) is 6.20 Å². The van der Waals surface area contributed by atoms with Gasteiger partial charge in [0.05, 0.1) is 6.33 Å². The van der Waals surface area contributed by atoms with E-state index in [2.05, 4.69) is 59.5 Å². The molecule has 0 amide bonds. The smallest absolute Gasteiger partial charge is 0.251 e. The van der Waals surface area contributed by atoms with Crippen LogP contribution in [0.1, 0.15) is 18.9 Å². The SMILES string of the molecule is CCCO/[NH+]=C(/Cn1ccnc1)c1ccc2ccccc2c1.[Cl-]. The molecular formula is C18H20ClN3O. The Morgan fingerprint density at radius 3 is 2.74 bits per heavy atom. The Labute approximate surface area is 142 Å². The number of imidazole rings is 1. The summed E-state index contributed by atoms with van der Waals surface area (Å²) in [5.41, 5.74) is 2.15.